The molecule has 1 N–H and O–H groups in total. The molecule has 0 saturated heterocycles. The van der Waals surface area contributed by atoms with Crippen LogP contribution in [0.15, 0.2) is 73.2 Å². The molecule has 0 aliphatic carbocycles. The van der Waals surface area contributed by atoms with Gasteiger partial charge in [0.15, 0.2) is 0 Å². The van der Waals surface area contributed by atoms with E-state index in [9.17, 15) is 0 Å². The minimum atomic E-state index is 0.537. The Labute approximate surface area is 179 Å². The second-order valence-corrected chi connectivity index (χ2v) is 7.28. The quantitative estimate of drug-likeness (QED) is 0.453. The van der Waals surface area contributed by atoms with Crippen LogP contribution < -0.4 is 5.32 Å². The molecule has 5 aromatic rings. The Morgan fingerprint density at radius 1 is 0.903 bits per heavy atom. The van der Waals surface area contributed by atoms with Crippen molar-refractivity contribution in [3.8, 4) is 17.3 Å². The van der Waals surface area contributed by atoms with Gasteiger partial charge in [-0.05, 0) is 49.4 Å². The fraction of sp³-hybridized carbons (Fsp3) is 0.0800. The largest absolute Gasteiger partial charge is 0.364 e. The SMILES string of the molecule is Cc1c(NCc2ccc3cc(C#N)ccc3n2)ncnc1-c1ccc2ncccc2c1. The van der Waals surface area contributed by atoms with E-state index < -0.39 is 0 Å². The molecule has 0 fully saturated rings. The Hall–Kier alpha value is -4.37. The summed E-state index contributed by atoms with van der Waals surface area (Å²) >= 11 is 0. The number of benzene rings is 2. The molecule has 6 nitrogen and oxygen atoms in total. The first kappa shape index (κ1) is 18.6. The number of nitrogens with zero attached hydrogens (tertiary/aromatic N) is 5. The number of fused-ring (bicyclic) bond motifs is 2. The molecular formula is C25H18N6. The topological polar surface area (TPSA) is 87.4 Å². The van der Waals surface area contributed by atoms with Crippen LogP contribution >= 0.6 is 0 Å². The highest BCUT2D eigenvalue weighted by atomic mass is 15.0. The van der Waals surface area contributed by atoms with Crippen molar-refractivity contribution in [1.29, 1.82) is 5.26 Å². The van der Waals surface area contributed by atoms with Crippen LogP contribution in [0.1, 0.15) is 16.8 Å². The van der Waals surface area contributed by atoms with E-state index >= 15 is 0 Å². The van der Waals surface area contributed by atoms with Crippen molar-refractivity contribution in [2.75, 3.05) is 5.32 Å². The number of aromatic nitrogens is 4. The van der Waals surface area contributed by atoms with Gasteiger partial charge in [0.25, 0.3) is 0 Å². The van der Waals surface area contributed by atoms with E-state index in [1.807, 2.05) is 55.5 Å². The number of anilines is 1. The predicted molar refractivity (Wildman–Crippen MR) is 121 cm³/mol. The second kappa shape index (κ2) is 7.81. The van der Waals surface area contributed by atoms with Crippen molar-refractivity contribution in [1.82, 2.24) is 19.9 Å². The smallest absolute Gasteiger partial charge is 0.133 e. The lowest BCUT2D eigenvalue weighted by Gasteiger charge is -2.12. The maximum absolute atomic E-state index is 9.05. The van der Waals surface area contributed by atoms with Crippen molar-refractivity contribution >= 4 is 27.6 Å². The summed E-state index contributed by atoms with van der Waals surface area (Å²) in [5.41, 5.74) is 6.25. The Bertz CT molecular complexity index is 1470. The zero-order chi connectivity index (χ0) is 21.2. The van der Waals surface area contributed by atoms with Gasteiger partial charge >= 0.3 is 0 Å². The first-order valence-corrected chi connectivity index (χ1v) is 9.92. The highest BCUT2D eigenvalue weighted by Gasteiger charge is 2.10. The van der Waals surface area contributed by atoms with Crippen LogP contribution in [0.2, 0.25) is 0 Å². The third-order valence-corrected chi connectivity index (χ3v) is 5.27. The van der Waals surface area contributed by atoms with Crippen molar-refractivity contribution < 1.29 is 0 Å². The van der Waals surface area contributed by atoms with Gasteiger partial charge in [-0.25, -0.2) is 9.97 Å². The van der Waals surface area contributed by atoms with Crippen LogP contribution in [0.3, 0.4) is 0 Å². The van der Waals surface area contributed by atoms with Crippen molar-refractivity contribution in [2.45, 2.75) is 13.5 Å². The van der Waals surface area contributed by atoms with Gasteiger partial charge in [-0.3, -0.25) is 9.97 Å². The molecule has 0 saturated carbocycles. The fourth-order valence-electron chi connectivity index (χ4n) is 3.65. The third-order valence-electron chi connectivity index (χ3n) is 5.27. The average Bonchev–Trinajstić information content (AvgIpc) is 2.82. The van der Waals surface area contributed by atoms with E-state index in [4.69, 9.17) is 5.26 Å². The molecule has 0 unspecified atom stereocenters. The molecule has 5 rings (SSSR count). The molecule has 148 valence electrons. The molecule has 3 heterocycles. The van der Waals surface area contributed by atoms with Gasteiger partial charge in [-0.1, -0.05) is 18.2 Å². The molecule has 3 aromatic heterocycles. The first-order valence-electron chi connectivity index (χ1n) is 9.92. The second-order valence-electron chi connectivity index (χ2n) is 7.28. The van der Waals surface area contributed by atoms with Gasteiger partial charge in [-0.2, -0.15) is 5.26 Å². The Morgan fingerprint density at radius 3 is 2.68 bits per heavy atom. The molecule has 6 heteroatoms. The standard InChI is InChI=1S/C25H18N6/c1-16-24(20-6-9-22-18(12-20)3-2-10-27-22)29-15-30-25(16)28-14-21-7-5-19-11-17(13-26)4-8-23(19)31-21/h2-12,15H,14H2,1H3,(H,28,29,30). The minimum Gasteiger partial charge on any atom is -0.364 e. The maximum atomic E-state index is 9.05. The van der Waals surface area contributed by atoms with E-state index in [0.717, 1.165) is 50.1 Å². The van der Waals surface area contributed by atoms with Crippen LogP contribution in [0.5, 0.6) is 0 Å². The monoisotopic (exact) mass is 402 g/mol. The first-order chi connectivity index (χ1) is 15.2. The van der Waals surface area contributed by atoms with Gasteiger partial charge in [0.2, 0.25) is 0 Å². The van der Waals surface area contributed by atoms with Gasteiger partial charge in [0, 0.05) is 28.1 Å². The Kier molecular flexibility index (Phi) is 4.70. The van der Waals surface area contributed by atoms with Gasteiger partial charge in [-0.15, -0.1) is 0 Å². The van der Waals surface area contributed by atoms with Gasteiger partial charge in [0.1, 0.15) is 12.1 Å². The molecule has 0 aliphatic heterocycles. The Morgan fingerprint density at radius 2 is 1.77 bits per heavy atom. The third kappa shape index (κ3) is 3.65. The predicted octanol–water partition coefficient (Wildman–Crippen LogP) is 5.03. The zero-order valence-electron chi connectivity index (χ0n) is 16.9. The van der Waals surface area contributed by atoms with Crippen LogP contribution in [0.25, 0.3) is 33.1 Å². The molecule has 0 spiro atoms. The molecule has 0 aliphatic rings. The van der Waals surface area contributed by atoms with Crippen LogP contribution in [0, 0.1) is 18.3 Å². The van der Waals surface area contributed by atoms with E-state index in [1.165, 1.54) is 0 Å². The number of rotatable bonds is 4. The van der Waals surface area contributed by atoms with Crippen LogP contribution in [0.4, 0.5) is 5.82 Å². The lowest BCUT2D eigenvalue weighted by Crippen LogP contribution is -2.06. The molecule has 2 aromatic carbocycles. The Balaban J connectivity index is 1.41. The number of hydrogen-bond acceptors (Lipinski definition) is 6. The van der Waals surface area contributed by atoms with E-state index in [1.54, 1.807) is 18.6 Å². The summed E-state index contributed by atoms with van der Waals surface area (Å²) in [6.07, 6.45) is 3.37. The molecule has 0 bridgehead atoms. The number of nitriles is 1. The van der Waals surface area contributed by atoms with E-state index in [2.05, 4.69) is 37.4 Å². The van der Waals surface area contributed by atoms with Crippen molar-refractivity contribution in [3.05, 3.63) is 90.0 Å². The lowest BCUT2D eigenvalue weighted by atomic mass is 10.0. The van der Waals surface area contributed by atoms with Crippen molar-refractivity contribution in [2.24, 2.45) is 0 Å². The van der Waals surface area contributed by atoms with Crippen LogP contribution in [-0.2, 0) is 6.54 Å². The summed E-state index contributed by atoms with van der Waals surface area (Å²) in [4.78, 5) is 18.0. The zero-order valence-corrected chi connectivity index (χ0v) is 16.9. The molecule has 0 radical (unpaired) electrons. The number of nitrogens with one attached hydrogen (secondary N) is 1. The normalized spacial score (nSPS) is 10.8. The summed E-state index contributed by atoms with van der Waals surface area (Å²) in [6, 6.07) is 21.7. The van der Waals surface area contributed by atoms with E-state index in [-0.39, 0.29) is 0 Å². The highest BCUT2D eigenvalue weighted by Crippen LogP contribution is 2.27. The molecular weight excluding hydrogens is 384 g/mol. The number of hydrogen-bond donors (Lipinski definition) is 1. The highest BCUT2D eigenvalue weighted by molar-refractivity contribution is 5.84. The number of pyridine rings is 2. The minimum absolute atomic E-state index is 0.537. The van der Waals surface area contributed by atoms with Crippen LogP contribution in [-0.4, -0.2) is 19.9 Å². The molecule has 0 atom stereocenters. The van der Waals surface area contributed by atoms with Gasteiger partial charge in [0.05, 0.1) is 40.6 Å². The molecule has 0 amide bonds. The summed E-state index contributed by atoms with van der Waals surface area (Å²) in [5, 5.41) is 14.5. The fourth-order valence-corrected chi connectivity index (χ4v) is 3.65. The molecule has 31 heavy (non-hydrogen) atoms. The summed E-state index contributed by atoms with van der Waals surface area (Å²) in [6.45, 7) is 2.55. The van der Waals surface area contributed by atoms with Crippen molar-refractivity contribution in [3.63, 3.8) is 0 Å². The van der Waals surface area contributed by atoms with E-state index in [0.29, 0.717) is 12.1 Å². The summed E-state index contributed by atoms with van der Waals surface area (Å²) in [7, 11) is 0. The maximum Gasteiger partial charge on any atom is 0.133 e. The lowest BCUT2D eigenvalue weighted by molar-refractivity contribution is 1.02. The average molecular weight is 402 g/mol. The summed E-state index contributed by atoms with van der Waals surface area (Å²) in [5.74, 6) is 0.776. The summed E-state index contributed by atoms with van der Waals surface area (Å²) < 4.78 is 0. The van der Waals surface area contributed by atoms with Gasteiger partial charge < -0.3 is 5.32 Å².